The van der Waals surface area contributed by atoms with E-state index in [0.29, 0.717) is 5.56 Å². The van der Waals surface area contributed by atoms with Crippen LogP contribution in [0, 0.1) is 19.7 Å². The zero-order valence-corrected chi connectivity index (χ0v) is 13.2. The number of hydrogen-bond donors (Lipinski definition) is 0. The molecular formula is C17H17FN2O3. The molecule has 1 aromatic heterocycles. The van der Waals surface area contributed by atoms with Crippen molar-refractivity contribution in [1.82, 2.24) is 9.78 Å². The van der Waals surface area contributed by atoms with E-state index < -0.39 is 11.8 Å². The zero-order valence-electron chi connectivity index (χ0n) is 13.2. The van der Waals surface area contributed by atoms with Gasteiger partial charge in [0.25, 0.3) is 0 Å². The van der Waals surface area contributed by atoms with Gasteiger partial charge in [-0.2, -0.15) is 5.10 Å². The molecule has 0 aliphatic rings. The first-order valence-corrected chi connectivity index (χ1v) is 7.02. The Morgan fingerprint density at radius 1 is 1.26 bits per heavy atom. The van der Waals surface area contributed by atoms with E-state index in [2.05, 4.69) is 5.10 Å². The van der Waals surface area contributed by atoms with Gasteiger partial charge in [0.15, 0.2) is 12.4 Å². The van der Waals surface area contributed by atoms with Crippen LogP contribution in [0.4, 0.5) is 4.39 Å². The van der Waals surface area contributed by atoms with Gasteiger partial charge in [-0.3, -0.25) is 9.48 Å². The number of esters is 1. The highest BCUT2D eigenvalue weighted by Gasteiger charge is 2.10. The van der Waals surface area contributed by atoms with Crippen LogP contribution in [0.3, 0.4) is 0 Å². The smallest absolute Gasteiger partial charge is 0.331 e. The van der Waals surface area contributed by atoms with Crippen LogP contribution in [0.2, 0.25) is 0 Å². The Balaban J connectivity index is 1.93. The minimum atomic E-state index is -0.622. The number of aromatic nitrogens is 2. The van der Waals surface area contributed by atoms with Crippen LogP contribution in [0.15, 0.2) is 30.3 Å². The van der Waals surface area contributed by atoms with Gasteiger partial charge in [0.2, 0.25) is 0 Å². The summed E-state index contributed by atoms with van der Waals surface area (Å²) >= 11 is 0. The molecule has 0 saturated heterocycles. The summed E-state index contributed by atoms with van der Waals surface area (Å²) in [4.78, 5) is 23.5. The van der Waals surface area contributed by atoms with Gasteiger partial charge in [-0.15, -0.1) is 0 Å². The number of carbonyl (C=O) groups excluding carboxylic acids is 2. The maximum atomic E-state index is 12.8. The summed E-state index contributed by atoms with van der Waals surface area (Å²) in [5.74, 6) is -1.44. The van der Waals surface area contributed by atoms with Crippen LogP contribution in [0.25, 0.3) is 6.08 Å². The van der Waals surface area contributed by atoms with Gasteiger partial charge in [-0.1, -0.05) is 0 Å². The third-order valence-corrected chi connectivity index (χ3v) is 3.46. The Morgan fingerprint density at radius 3 is 2.48 bits per heavy atom. The largest absolute Gasteiger partial charge is 0.454 e. The van der Waals surface area contributed by atoms with Crippen molar-refractivity contribution >= 4 is 17.8 Å². The quantitative estimate of drug-likeness (QED) is 0.483. The Kier molecular flexibility index (Phi) is 5.05. The summed E-state index contributed by atoms with van der Waals surface area (Å²) in [6.07, 6.45) is 2.87. The van der Waals surface area contributed by atoms with E-state index in [9.17, 15) is 14.0 Å². The Morgan fingerprint density at radius 2 is 1.91 bits per heavy atom. The van der Waals surface area contributed by atoms with E-state index in [1.54, 1.807) is 10.8 Å². The second-order valence-corrected chi connectivity index (χ2v) is 5.08. The summed E-state index contributed by atoms with van der Waals surface area (Å²) in [7, 11) is 1.82. The van der Waals surface area contributed by atoms with Crippen molar-refractivity contribution in [3.05, 3.63) is 58.7 Å². The van der Waals surface area contributed by atoms with Crippen molar-refractivity contribution in [2.45, 2.75) is 13.8 Å². The number of nitrogens with zero attached hydrogens (tertiary/aromatic N) is 2. The molecule has 120 valence electrons. The average molecular weight is 316 g/mol. The molecule has 0 saturated carbocycles. The third kappa shape index (κ3) is 4.12. The van der Waals surface area contributed by atoms with Crippen LogP contribution in [0.5, 0.6) is 0 Å². The molecule has 2 rings (SSSR count). The lowest BCUT2D eigenvalue weighted by Gasteiger charge is -2.02. The Hall–Kier alpha value is -2.76. The molecule has 5 nitrogen and oxygen atoms in total. The summed E-state index contributed by atoms with van der Waals surface area (Å²) in [6.45, 7) is 3.35. The van der Waals surface area contributed by atoms with E-state index in [-0.39, 0.29) is 12.4 Å². The maximum Gasteiger partial charge on any atom is 0.331 e. The number of carbonyl (C=O) groups is 2. The predicted octanol–water partition coefficient (Wildman–Crippen LogP) is 2.62. The first kappa shape index (κ1) is 16.6. The molecule has 6 heteroatoms. The first-order valence-electron chi connectivity index (χ1n) is 7.02. The number of halogens is 1. The summed E-state index contributed by atoms with van der Waals surface area (Å²) in [5.41, 5.74) is 2.86. The van der Waals surface area contributed by atoms with Gasteiger partial charge in [0, 0.05) is 29.9 Å². The van der Waals surface area contributed by atoms with Crippen molar-refractivity contribution in [3.8, 4) is 0 Å². The predicted molar refractivity (Wildman–Crippen MR) is 83.4 cm³/mol. The number of hydrogen-bond acceptors (Lipinski definition) is 4. The monoisotopic (exact) mass is 316 g/mol. The van der Waals surface area contributed by atoms with Gasteiger partial charge >= 0.3 is 5.97 Å². The SMILES string of the molecule is Cc1nn(C)c(C)c1/C=C/C(=O)OCC(=O)c1ccc(F)cc1. The first-order chi connectivity index (χ1) is 10.9. The number of ether oxygens (including phenoxy) is 1. The lowest BCUT2D eigenvalue weighted by atomic mass is 10.1. The number of benzene rings is 1. The molecular weight excluding hydrogens is 299 g/mol. The summed E-state index contributed by atoms with van der Waals surface area (Å²) in [5, 5.41) is 4.24. The fourth-order valence-electron chi connectivity index (χ4n) is 2.09. The van der Waals surface area contributed by atoms with Crippen LogP contribution >= 0.6 is 0 Å². The second-order valence-electron chi connectivity index (χ2n) is 5.08. The number of rotatable bonds is 5. The molecule has 0 aliphatic carbocycles. The van der Waals surface area contributed by atoms with Crippen molar-refractivity contribution in [2.24, 2.45) is 7.05 Å². The fraction of sp³-hybridized carbons (Fsp3) is 0.235. The van der Waals surface area contributed by atoms with Gasteiger partial charge in [0.1, 0.15) is 5.82 Å². The molecule has 0 N–H and O–H groups in total. The molecule has 23 heavy (non-hydrogen) atoms. The minimum Gasteiger partial charge on any atom is -0.454 e. The zero-order chi connectivity index (χ0) is 17.0. The molecule has 0 bridgehead atoms. The van der Waals surface area contributed by atoms with E-state index in [1.165, 1.54) is 30.3 Å². The van der Waals surface area contributed by atoms with E-state index in [0.717, 1.165) is 17.0 Å². The lowest BCUT2D eigenvalue weighted by Crippen LogP contribution is -2.12. The molecule has 0 atom stereocenters. The lowest BCUT2D eigenvalue weighted by molar-refractivity contribution is -0.136. The molecule has 1 heterocycles. The number of ketones is 1. The summed E-state index contributed by atoms with van der Waals surface area (Å²) in [6, 6.07) is 5.07. The minimum absolute atomic E-state index is 0.294. The highest BCUT2D eigenvalue weighted by molar-refractivity contribution is 5.98. The number of Topliss-reactive ketones (excluding diaryl/α,β-unsaturated/α-hetero) is 1. The maximum absolute atomic E-state index is 12.8. The number of aryl methyl sites for hydroxylation is 2. The molecule has 1 aromatic carbocycles. The van der Waals surface area contributed by atoms with Crippen LogP contribution in [-0.2, 0) is 16.6 Å². The van der Waals surface area contributed by atoms with Crippen LogP contribution < -0.4 is 0 Å². The molecule has 0 unspecified atom stereocenters. The fourth-order valence-corrected chi connectivity index (χ4v) is 2.09. The standard InChI is InChI=1S/C17H17FN2O3/c1-11-15(12(2)20(3)19-11)8-9-17(22)23-10-16(21)13-4-6-14(18)7-5-13/h4-9H,10H2,1-3H3/b9-8+. The normalized spacial score (nSPS) is 11.0. The van der Waals surface area contributed by atoms with Crippen molar-refractivity contribution in [1.29, 1.82) is 0 Å². The van der Waals surface area contributed by atoms with Crippen molar-refractivity contribution in [2.75, 3.05) is 6.61 Å². The third-order valence-electron chi connectivity index (χ3n) is 3.46. The molecule has 0 radical (unpaired) electrons. The second kappa shape index (κ2) is 7.00. The molecule has 0 fully saturated rings. The summed E-state index contributed by atoms with van der Waals surface area (Å²) < 4.78 is 19.4. The van der Waals surface area contributed by atoms with E-state index in [4.69, 9.17) is 4.74 Å². The van der Waals surface area contributed by atoms with Crippen molar-refractivity contribution < 1.29 is 18.7 Å². The van der Waals surface area contributed by atoms with Crippen molar-refractivity contribution in [3.63, 3.8) is 0 Å². The molecule has 0 spiro atoms. The van der Waals surface area contributed by atoms with Gasteiger partial charge in [-0.25, -0.2) is 9.18 Å². The molecule has 0 amide bonds. The van der Waals surface area contributed by atoms with Gasteiger partial charge in [0.05, 0.1) is 5.69 Å². The van der Waals surface area contributed by atoms with E-state index in [1.807, 2.05) is 20.9 Å². The Labute approximate surface area is 133 Å². The topological polar surface area (TPSA) is 61.2 Å². The molecule has 2 aromatic rings. The van der Waals surface area contributed by atoms with Crippen LogP contribution in [-0.4, -0.2) is 28.1 Å². The highest BCUT2D eigenvalue weighted by Crippen LogP contribution is 2.13. The van der Waals surface area contributed by atoms with Gasteiger partial charge in [-0.05, 0) is 44.2 Å². The average Bonchev–Trinajstić information content (AvgIpc) is 2.76. The highest BCUT2D eigenvalue weighted by atomic mass is 19.1. The molecule has 0 aliphatic heterocycles. The van der Waals surface area contributed by atoms with Gasteiger partial charge < -0.3 is 4.74 Å². The Bertz CT molecular complexity index is 761. The van der Waals surface area contributed by atoms with Crippen LogP contribution in [0.1, 0.15) is 27.3 Å². The van der Waals surface area contributed by atoms with E-state index >= 15 is 0 Å².